The molecule has 1 atom stereocenters. The van der Waals surface area contributed by atoms with Crippen molar-refractivity contribution in [2.45, 2.75) is 175 Å². The summed E-state index contributed by atoms with van der Waals surface area (Å²) in [6.07, 6.45) is 30.2. The number of phosphoric ester groups is 1. The first-order chi connectivity index (χ1) is 18.6. The summed E-state index contributed by atoms with van der Waals surface area (Å²) in [6, 6.07) is 0. The summed E-state index contributed by atoms with van der Waals surface area (Å²) in [4.78, 5) is 12.6. The lowest BCUT2D eigenvalue weighted by Gasteiger charge is -2.22. The third-order valence-electron chi connectivity index (χ3n) is 7.53. The van der Waals surface area contributed by atoms with Crippen molar-refractivity contribution in [1.29, 1.82) is 0 Å². The van der Waals surface area contributed by atoms with Gasteiger partial charge in [-0.2, -0.15) is 0 Å². The van der Waals surface area contributed by atoms with Crippen LogP contribution in [-0.2, 0) is 13.6 Å². The van der Waals surface area contributed by atoms with E-state index in [0.717, 1.165) is 38.6 Å². The Morgan fingerprint density at radius 3 is 1.05 bits per heavy atom. The van der Waals surface area contributed by atoms with Crippen molar-refractivity contribution in [1.82, 2.24) is 4.90 Å². The lowest BCUT2D eigenvalue weighted by atomic mass is 10.1. The first kappa shape index (κ1) is 38.1. The molecule has 0 radical (unpaired) electrons. The van der Waals surface area contributed by atoms with Gasteiger partial charge in [0.25, 0.3) is 0 Å². The predicted octanol–water partition coefficient (Wildman–Crippen LogP) is 10.8. The molecule has 0 aliphatic rings. The van der Waals surface area contributed by atoms with E-state index in [2.05, 4.69) is 25.7 Å². The number of phosphoric acid groups is 1. The van der Waals surface area contributed by atoms with E-state index in [-0.39, 0.29) is 0 Å². The van der Waals surface area contributed by atoms with Gasteiger partial charge in [-0.15, -0.1) is 0 Å². The van der Waals surface area contributed by atoms with Crippen LogP contribution in [0.25, 0.3) is 0 Å². The van der Waals surface area contributed by atoms with Crippen LogP contribution < -0.4 is 0 Å². The van der Waals surface area contributed by atoms with Gasteiger partial charge in [0.15, 0.2) is 0 Å². The quantitative estimate of drug-likeness (QED) is 0.0654. The van der Waals surface area contributed by atoms with Crippen LogP contribution in [0.2, 0.25) is 0 Å². The second kappa shape index (κ2) is 30.0. The molecule has 230 valence electrons. The third-order valence-corrected chi connectivity index (χ3v) is 8.55. The normalized spacial score (nSPS) is 13.4. The number of rotatable bonds is 32. The number of nitrogens with zero attached hydrogens (tertiary/aromatic N) is 1. The summed E-state index contributed by atoms with van der Waals surface area (Å²) in [7, 11) is -3.89. The molecule has 1 unspecified atom stereocenters. The van der Waals surface area contributed by atoms with Crippen LogP contribution >= 0.6 is 7.82 Å². The molecule has 0 aromatic rings. The van der Waals surface area contributed by atoms with Gasteiger partial charge < -0.3 is 9.79 Å². The maximum absolute atomic E-state index is 12.1. The van der Waals surface area contributed by atoms with Gasteiger partial charge in [-0.05, 0) is 58.2 Å². The Balaban J connectivity index is 3.97. The highest BCUT2D eigenvalue weighted by Gasteiger charge is 2.20. The lowest BCUT2D eigenvalue weighted by Crippen LogP contribution is -2.27. The van der Waals surface area contributed by atoms with E-state index in [1.807, 2.05) is 0 Å². The van der Waals surface area contributed by atoms with Gasteiger partial charge >= 0.3 is 7.82 Å². The van der Waals surface area contributed by atoms with E-state index in [9.17, 15) is 9.46 Å². The third kappa shape index (κ3) is 29.1. The minimum atomic E-state index is -3.89. The number of unbranched alkanes of at least 4 members (excludes halogenated alkanes) is 20. The smallest absolute Gasteiger partial charge is 0.303 e. The Labute approximate surface area is 238 Å². The first-order valence-electron chi connectivity index (χ1n) is 16.9. The van der Waals surface area contributed by atoms with Gasteiger partial charge in [0.05, 0.1) is 13.2 Å². The van der Waals surface area contributed by atoms with Crippen molar-refractivity contribution in [3.05, 3.63) is 0 Å². The summed E-state index contributed by atoms with van der Waals surface area (Å²) in [5.74, 6) is 0. The molecule has 0 fully saturated rings. The Hall–Kier alpha value is 0.0700. The minimum Gasteiger partial charge on any atom is -0.303 e. The minimum absolute atomic E-state index is 0.306. The maximum Gasteiger partial charge on any atom is 0.472 e. The SMILES string of the molecule is CCCCCCCCCOP(=O)(O)OCCCCCN(CCCCCCCCC)CCCCCCCCC. The Kier molecular flexibility index (Phi) is 30.1. The Bertz CT molecular complexity index is 488. The molecule has 38 heavy (non-hydrogen) atoms. The molecule has 0 saturated carbocycles. The average Bonchev–Trinajstić information content (AvgIpc) is 2.90. The van der Waals surface area contributed by atoms with E-state index < -0.39 is 7.82 Å². The van der Waals surface area contributed by atoms with E-state index in [1.54, 1.807) is 0 Å². The van der Waals surface area contributed by atoms with Crippen molar-refractivity contribution in [3.8, 4) is 0 Å². The summed E-state index contributed by atoms with van der Waals surface area (Å²) < 4.78 is 22.5. The zero-order chi connectivity index (χ0) is 28.0. The molecule has 6 heteroatoms. The van der Waals surface area contributed by atoms with Gasteiger partial charge in [-0.25, -0.2) is 4.57 Å². The van der Waals surface area contributed by atoms with Crippen LogP contribution in [0.1, 0.15) is 175 Å². The van der Waals surface area contributed by atoms with Crippen molar-refractivity contribution >= 4 is 7.82 Å². The summed E-state index contributed by atoms with van der Waals surface area (Å²) >= 11 is 0. The molecular formula is C32H68NO4P. The topological polar surface area (TPSA) is 59.0 Å². The average molecular weight is 562 g/mol. The van der Waals surface area contributed by atoms with Crippen LogP contribution in [0.15, 0.2) is 0 Å². The molecule has 0 spiro atoms. The highest BCUT2D eigenvalue weighted by Crippen LogP contribution is 2.43. The van der Waals surface area contributed by atoms with E-state index in [4.69, 9.17) is 9.05 Å². The molecule has 0 aliphatic heterocycles. The van der Waals surface area contributed by atoms with Crippen LogP contribution in [0.3, 0.4) is 0 Å². The Morgan fingerprint density at radius 2 is 0.711 bits per heavy atom. The molecular weight excluding hydrogens is 493 g/mol. The van der Waals surface area contributed by atoms with Crippen molar-refractivity contribution < 1.29 is 18.5 Å². The molecule has 0 saturated heterocycles. The molecule has 0 heterocycles. The molecule has 0 aromatic carbocycles. The number of hydrogen-bond acceptors (Lipinski definition) is 4. The molecule has 0 rings (SSSR count). The summed E-state index contributed by atoms with van der Waals surface area (Å²) in [6.45, 7) is 11.0. The molecule has 1 N–H and O–H groups in total. The van der Waals surface area contributed by atoms with Gasteiger partial charge in [-0.1, -0.05) is 136 Å². The second-order valence-corrected chi connectivity index (χ2v) is 12.9. The maximum atomic E-state index is 12.1. The molecule has 0 aliphatic carbocycles. The van der Waals surface area contributed by atoms with Gasteiger partial charge in [0, 0.05) is 0 Å². The first-order valence-corrected chi connectivity index (χ1v) is 18.4. The monoisotopic (exact) mass is 561 g/mol. The van der Waals surface area contributed by atoms with Crippen molar-refractivity contribution in [2.75, 3.05) is 32.8 Å². The van der Waals surface area contributed by atoms with Crippen LogP contribution in [0.4, 0.5) is 0 Å². The van der Waals surface area contributed by atoms with Crippen LogP contribution in [0, 0.1) is 0 Å². The highest BCUT2D eigenvalue weighted by molar-refractivity contribution is 7.47. The highest BCUT2D eigenvalue weighted by atomic mass is 31.2. The number of hydrogen-bond donors (Lipinski definition) is 1. The molecule has 0 amide bonds. The van der Waals surface area contributed by atoms with E-state index in [1.165, 1.54) is 135 Å². The van der Waals surface area contributed by atoms with Gasteiger partial charge in [-0.3, -0.25) is 9.05 Å². The standard InChI is InChI=1S/C32H68NO4P/c1-4-7-10-13-16-19-23-28-33(29-24-20-17-14-11-8-5-2)30-25-22-27-32-37-38(34,35)36-31-26-21-18-15-12-9-6-3/h4-32H2,1-3H3,(H,34,35). The molecule has 0 bridgehead atoms. The van der Waals surface area contributed by atoms with Crippen LogP contribution in [-0.4, -0.2) is 42.6 Å². The fraction of sp³-hybridized carbons (Fsp3) is 1.00. The fourth-order valence-corrected chi connectivity index (χ4v) is 5.79. The zero-order valence-corrected chi connectivity index (χ0v) is 27.0. The van der Waals surface area contributed by atoms with Gasteiger partial charge in [0.1, 0.15) is 0 Å². The van der Waals surface area contributed by atoms with E-state index in [0.29, 0.717) is 13.2 Å². The van der Waals surface area contributed by atoms with Crippen LogP contribution in [0.5, 0.6) is 0 Å². The zero-order valence-electron chi connectivity index (χ0n) is 26.1. The Morgan fingerprint density at radius 1 is 0.447 bits per heavy atom. The fourth-order valence-electron chi connectivity index (χ4n) is 4.99. The lowest BCUT2D eigenvalue weighted by molar-refractivity contribution is 0.144. The predicted molar refractivity (Wildman–Crippen MR) is 166 cm³/mol. The molecule has 0 aromatic heterocycles. The van der Waals surface area contributed by atoms with Gasteiger partial charge in [0.2, 0.25) is 0 Å². The molecule has 5 nitrogen and oxygen atoms in total. The van der Waals surface area contributed by atoms with Crippen molar-refractivity contribution in [2.24, 2.45) is 0 Å². The second-order valence-electron chi connectivity index (χ2n) is 11.4. The summed E-state index contributed by atoms with van der Waals surface area (Å²) in [5, 5.41) is 0. The largest absolute Gasteiger partial charge is 0.472 e. The summed E-state index contributed by atoms with van der Waals surface area (Å²) in [5.41, 5.74) is 0. The van der Waals surface area contributed by atoms with E-state index >= 15 is 0 Å². The van der Waals surface area contributed by atoms with Crippen molar-refractivity contribution in [3.63, 3.8) is 0 Å².